The van der Waals surface area contributed by atoms with Gasteiger partial charge in [0.15, 0.2) is 5.78 Å². The molecule has 1 aliphatic heterocycles. The fraction of sp³-hybridized carbons (Fsp3) is 0.533. The quantitative estimate of drug-likeness (QED) is 0.846. The summed E-state index contributed by atoms with van der Waals surface area (Å²) >= 11 is 0. The van der Waals surface area contributed by atoms with Crippen molar-refractivity contribution >= 4 is 18.2 Å². The molecule has 4 nitrogen and oxygen atoms in total. The van der Waals surface area contributed by atoms with Gasteiger partial charge in [-0.05, 0) is 45.0 Å². The van der Waals surface area contributed by atoms with Crippen LogP contribution in [-0.2, 0) is 0 Å². The smallest absolute Gasteiger partial charge is 0.163 e. The second-order valence-corrected chi connectivity index (χ2v) is 5.08. The molecule has 2 N–H and O–H groups in total. The summed E-state index contributed by atoms with van der Waals surface area (Å²) in [6.45, 7) is 5.14. The van der Waals surface area contributed by atoms with Gasteiger partial charge in [-0.3, -0.25) is 9.69 Å². The first-order valence-electron chi connectivity index (χ1n) is 6.87. The fourth-order valence-corrected chi connectivity index (χ4v) is 2.34. The highest BCUT2D eigenvalue weighted by molar-refractivity contribution is 5.96. The van der Waals surface area contributed by atoms with Crippen LogP contribution in [-0.4, -0.2) is 43.0 Å². The van der Waals surface area contributed by atoms with E-state index in [1.807, 2.05) is 18.2 Å². The number of ether oxygens (including phenoxy) is 1. The molecule has 0 amide bonds. The lowest BCUT2D eigenvalue weighted by atomic mass is 10.1. The number of carbonyl (C=O) groups excluding carboxylic acids is 1. The van der Waals surface area contributed by atoms with Crippen LogP contribution in [0.4, 0.5) is 0 Å². The molecule has 2 rings (SSSR count). The number of hydrogen-bond donors (Lipinski definition) is 1. The number of nitrogens with zero attached hydrogens (tertiary/aromatic N) is 1. The van der Waals surface area contributed by atoms with Crippen molar-refractivity contribution in [3.63, 3.8) is 0 Å². The molecule has 20 heavy (non-hydrogen) atoms. The van der Waals surface area contributed by atoms with Crippen LogP contribution in [0.1, 0.15) is 30.1 Å². The summed E-state index contributed by atoms with van der Waals surface area (Å²) in [5.41, 5.74) is 6.53. The van der Waals surface area contributed by atoms with Gasteiger partial charge in [0.2, 0.25) is 0 Å². The summed E-state index contributed by atoms with van der Waals surface area (Å²) in [6, 6.07) is 7.76. The van der Waals surface area contributed by atoms with Crippen LogP contribution in [0.3, 0.4) is 0 Å². The van der Waals surface area contributed by atoms with E-state index >= 15 is 0 Å². The highest BCUT2D eigenvalue weighted by Crippen LogP contribution is 2.18. The molecule has 0 bridgehead atoms. The summed E-state index contributed by atoms with van der Waals surface area (Å²) < 4.78 is 5.73. The Labute approximate surface area is 126 Å². The van der Waals surface area contributed by atoms with Crippen LogP contribution in [0.25, 0.3) is 0 Å². The number of piperidine rings is 1. The first-order valence-corrected chi connectivity index (χ1v) is 6.87. The van der Waals surface area contributed by atoms with Gasteiger partial charge in [-0.2, -0.15) is 0 Å². The zero-order valence-electron chi connectivity index (χ0n) is 11.9. The van der Waals surface area contributed by atoms with Crippen molar-refractivity contribution in [1.29, 1.82) is 0 Å². The molecule has 1 aliphatic rings. The number of Topliss-reactive ketones (excluding diaryl/α,β-unsaturated/α-hetero) is 1. The zero-order chi connectivity index (χ0) is 13.7. The third-order valence-electron chi connectivity index (χ3n) is 3.56. The van der Waals surface area contributed by atoms with E-state index < -0.39 is 0 Å². The maximum absolute atomic E-state index is 11.5. The van der Waals surface area contributed by atoms with E-state index in [-0.39, 0.29) is 18.2 Å². The minimum atomic E-state index is 0. The van der Waals surface area contributed by atoms with E-state index in [1.165, 1.54) is 0 Å². The average Bonchev–Trinajstić information content (AvgIpc) is 2.41. The number of halogens is 1. The van der Waals surface area contributed by atoms with Crippen LogP contribution < -0.4 is 10.5 Å². The molecule has 112 valence electrons. The van der Waals surface area contributed by atoms with E-state index in [4.69, 9.17) is 10.5 Å². The largest absolute Gasteiger partial charge is 0.491 e. The fourth-order valence-electron chi connectivity index (χ4n) is 2.34. The van der Waals surface area contributed by atoms with Crippen LogP contribution in [0.5, 0.6) is 5.75 Å². The van der Waals surface area contributed by atoms with Crippen LogP contribution in [0, 0.1) is 0 Å². The Morgan fingerprint density at radius 1 is 1.35 bits per heavy atom. The van der Waals surface area contributed by atoms with Gasteiger partial charge in [-0.25, -0.2) is 0 Å². The van der Waals surface area contributed by atoms with Crippen molar-refractivity contribution in [3.05, 3.63) is 29.8 Å². The molecule has 0 saturated carbocycles. The van der Waals surface area contributed by atoms with Crippen LogP contribution >= 0.6 is 12.4 Å². The Bertz CT molecular complexity index is 432. The zero-order valence-corrected chi connectivity index (χ0v) is 12.7. The number of para-hydroxylation sites is 1. The van der Waals surface area contributed by atoms with Crippen molar-refractivity contribution in [2.75, 3.05) is 26.2 Å². The first-order chi connectivity index (χ1) is 9.16. The standard InChI is InChI=1S/C15H22N2O2.ClH/c1-12(18)14-4-2-3-5-15(14)19-11-10-17-8-6-13(16)7-9-17;/h2-5,13H,6-11,16H2,1H3;1H. The molecular weight excluding hydrogens is 276 g/mol. The topological polar surface area (TPSA) is 55.6 Å². The van der Waals surface area contributed by atoms with Gasteiger partial charge in [-0.15, -0.1) is 12.4 Å². The number of likely N-dealkylation sites (tertiary alicyclic amines) is 1. The lowest BCUT2D eigenvalue weighted by Gasteiger charge is -2.29. The molecule has 1 saturated heterocycles. The summed E-state index contributed by atoms with van der Waals surface area (Å²) in [5.74, 6) is 0.725. The molecule has 1 fully saturated rings. The lowest BCUT2D eigenvalue weighted by Crippen LogP contribution is -2.41. The molecule has 0 radical (unpaired) electrons. The van der Waals surface area contributed by atoms with Gasteiger partial charge in [0.25, 0.3) is 0 Å². The number of nitrogens with two attached hydrogens (primary N) is 1. The Balaban J connectivity index is 0.00000200. The van der Waals surface area contributed by atoms with E-state index in [9.17, 15) is 4.79 Å². The second kappa shape index (κ2) is 8.25. The molecule has 0 spiro atoms. The second-order valence-electron chi connectivity index (χ2n) is 5.08. The number of rotatable bonds is 5. The van der Waals surface area contributed by atoms with E-state index in [1.54, 1.807) is 13.0 Å². The van der Waals surface area contributed by atoms with Gasteiger partial charge >= 0.3 is 0 Å². The summed E-state index contributed by atoms with van der Waals surface area (Å²) in [5, 5.41) is 0. The van der Waals surface area contributed by atoms with Crippen molar-refractivity contribution in [3.8, 4) is 5.75 Å². The number of ketones is 1. The van der Waals surface area contributed by atoms with E-state index in [2.05, 4.69) is 4.90 Å². The Hall–Kier alpha value is -1.10. The first kappa shape index (κ1) is 17.0. The third-order valence-corrected chi connectivity index (χ3v) is 3.56. The van der Waals surface area contributed by atoms with E-state index in [0.29, 0.717) is 24.0 Å². The summed E-state index contributed by atoms with van der Waals surface area (Å²) in [7, 11) is 0. The maximum Gasteiger partial charge on any atom is 0.163 e. The molecule has 0 unspecified atom stereocenters. The van der Waals surface area contributed by atoms with Crippen LogP contribution in [0.2, 0.25) is 0 Å². The normalized spacial score (nSPS) is 16.5. The Morgan fingerprint density at radius 2 is 2.00 bits per heavy atom. The maximum atomic E-state index is 11.5. The molecule has 1 aromatic rings. The molecule has 0 atom stereocenters. The SMILES string of the molecule is CC(=O)c1ccccc1OCCN1CCC(N)CC1.Cl. The minimum absolute atomic E-state index is 0. The van der Waals surface area contributed by atoms with Gasteiger partial charge in [0.05, 0.1) is 5.56 Å². The average molecular weight is 299 g/mol. The molecular formula is C15H23ClN2O2. The van der Waals surface area contributed by atoms with Gasteiger partial charge in [0.1, 0.15) is 12.4 Å². The molecule has 1 aromatic carbocycles. The van der Waals surface area contributed by atoms with Crippen molar-refractivity contribution < 1.29 is 9.53 Å². The highest BCUT2D eigenvalue weighted by Gasteiger charge is 2.15. The van der Waals surface area contributed by atoms with Crippen LogP contribution in [0.15, 0.2) is 24.3 Å². The lowest BCUT2D eigenvalue weighted by molar-refractivity contribution is 0.101. The predicted molar refractivity (Wildman–Crippen MR) is 82.8 cm³/mol. The van der Waals surface area contributed by atoms with Gasteiger partial charge in [-0.1, -0.05) is 12.1 Å². The van der Waals surface area contributed by atoms with Crippen molar-refractivity contribution in [2.45, 2.75) is 25.8 Å². The van der Waals surface area contributed by atoms with Gasteiger partial charge in [0, 0.05) is 12.6 Å². The predicted octanol–water partition coefficient (Wildman–Crippen LogP) is 2.11. The third kappa shape index (κ3) is 4.78. The number of carbonyl (C=O) groups is 1. The Morgan fingerprint density at radius 3 is 2.65 bits per heavy atom. The molecule has 0 aromatic heterocycles. The Kier molecular flexibility index (Phi) is 6.99. The van der Waals surface area contributed by atoms with Gasteiger partial charge < -0.3 is 10.5 Å². The number of benzene rings is 1. The molecule has 5 heteroatoms. The minimum Gasteiger partial charge on any atom is -0.491 e. The molecule has 0 aliphatic carbocycles. The highest BCUT2D eigenvalue weighted by atomic mass is 35.5. The number of hydrogen-bond acceptors (Lipinski definition) is 4. The summed E-state index contributed by atoms with van der Waals surface area (Å²) in [4.78, 5) is 13.8. The van der Waals surface area contributed by atoms with E-state index in [0.717, 1.165) is 32.5 Å². The van der Waals surface area contributed by atoms with Crippen molar-refractivity contribution in [2.24, 2.45) is 5.73 Å². The summed E-state index contributed by atoms with van der Waals surface area (Å²) in [6.07, 6.45) is 2.12. The monoisotopic (exact) mass is 298 g/mol. The van der Waals surface area contributed by atoms with Crippen molar-refractivity contribution in [1.82, 2.24) is 4.90 Å². The molecule has 1 heterocycles.